The molecule has 0 aliphatic carbocycles. The fourth-order valence-electron chi connectivity index (χ4n) is 2.74. The largest absolute Gasteiger partial charge is 0.490 e. The second-order valence-electron chi connectivity index (χ2n) is 6.33. The van der Waals surface area contributed by atoms with E-state index in [1.807, 2.05) is 55.5 Å². The predicted molar refractivity (Wildman–Crippen MR) is 127 cm³/mol. The van der Waals surface area contributed by atoms with Crippen LogP contribution in [0.2, 0.25) is 10.0 Å². The zero-order chi connectivity index (χ0) is 21.3. The van der Waals surface area contributed by atoms with E-state index < -0.39 is 0 Å². The van der Waals surface area contributed by atoms with Gasteiger partial charge in [0.15, 0.2) is 11.5 Å². The van der Waals surface area contributed by atoms with Crippen LogP contribution in [0.25, 0.3) is 0 Å². The summed E-state index contributed by atoms with van der Waals surface area (Å²) in [6, 6.07) is 19.2. The Morgan fingerprint density at radius 2 is 1.73 bits per heavy atom. The highest BCUT2D eigenvalue weighted by Crippen LogP contribution is 2.37. The topological polar surface area (TPSA) is 42.8 Å². The molecular weight excluding hydrogens is 487 g/mol. The number of hydrazone groups is 1. The minimum atomic E-state index is 0.423. The first-order valence-electron chi connectivity index (χ1n) is 9.40. The number of nitrogens with one attached hydrogen (secondary N) is 1. The second-order valence-corrected chi connectivity index (χ2v) is 8.00. The van der Waals surface area contributed by atoms with E-state index >= 15 is 0 Å². The van der Waals surface area contributed by atoms with Crippen molar-refractivity contribution in [2.75, 3.05) is 6.61 Å². The van der Waals surface area contributed by atoms with Crippen molar-refractivity contribution >= 4 is 45.3 Å². The maximum absolute atomic E-state index is 6.18. The zero-order valence-corrected chi connectivity index (χ0v) is 19.5. The third-order valence-electron chi connectivity index (χ3n) is 4.18. The van der Waals surface area contributed by atoms with Crippen molar-refractivity contribution < 1.29 is 9.47 Å². The van der Waals surface area contributed by atoms with Gasteiger partial charge < -0.3 is 14.9 Å². The van der Waals surface area contributed by atoms with Crippen LogP contribution in [0.3, 0.4) is 0 Å². The lowest BCUT2D eigenvalue weighted by molar-refractivity contribution is 0.267. The highest BCUT2D eigenvalue weighted by atomic mass is 79.9. The molecule has 0 heterocycles. The van der Waals surface area contributed by atoms with E-state index in [4.69, 9.17) is 32.7 Å². The third kappa shape index (κ3) is 6.14. The third-order valence-corrected chi connectivity index (χ3v) is 5.48. The van der Waals surface area contributed by atoms with Crippen LogP contribution in [0, 0.1) is 0 Å². The molecule has 0 saturated carbocycles. The molecule has 3 aromatic carbocycles. The maximum Gasteiger partial charge on any atom is 0.175 e. The van der Waals surface area contributed by atoms with Gasteiger partial charge in [0.25, 0.3) is 0 Å². The van der Waals surface area contributed by atoms with Gasteiger partial charge in [-0.25, -0.2) is 0 Å². The fourth-order valence-corrected chi connectivity index (χ4v) is 3.85. The van der Waals surface area contributed by atoms with E-state index in [0.29, 0.717) is 41.3 Å². The Bertz CT molecular complexity index is 993. The molecule has 4 nitrogen and oxygen atoms in total. The van der Waals surface area contributed by atoms with Crippen LogP contribution in [0.15, 0.2) is 70.2 Å². The first-order chi connectivity index (χ1) is 14.6. The average Bonchev–Trinajstić information content (AvgIpc) is 2.73. The van der Waals surface area contributed by atoms with Gasteiger partial charge in [0, 0.05) is 15.6 Å². The average molecular weight is 508 g/mol. The molecule has 0 spiro atoms. The quantitative estimate of drug-likeness (QED) is 0.254. The molecule has 0 aromatic heterocycles. The molecule has 0 aliphatic heterocycles. The SMILES string of the molecule is CCOc1cc(/C=N/NCc2c(Cl)cccc2Cl)cc(Br)c1OCc1ccccc1. The van der Waals surface area contributed by atoms with Gasteiger partial charge in [-0.15, -0.1) is 0 Å². The van der Waals surface area contributed by atoms with Gasteiger partial charge in [0.2, 0.25) is 0 Å². The van der Waals surface area contributed by atoms with Gasteiger partial charge in [-0.1, -0.05) is 59.6 Å². The van der Waals surface area contributed by atoms with Crippen LogP contribution in [0.4, 0.5) is 0 Å². The first-order valence-corrected chi connectivity index (χ1v) is 10.9. The molecule has 156 valence electrons. The number of nitrogens with zero attached hydrogens (tertiary/aromatic N) is 1. The van der Waals surface area contributed by atoms with Gasteiger partial charge in [0.1, 0.15) is 6.61 Å². The first kappa shape index (κ1) is 22.5. The summed E-state index contributed by atoms with van der Waals surface area (Å²) >= 11 is 15.9. The molecule has 0 atom stereocenters. The van der Waals surface area contributed by atoms with Crippen molar-refractivity contribution in [1.29, 1.82) is 0 Å². The molecule has 0 aliphatic rings. The maximum atomic E-state index is 6.18. The normalized spacial score (nSPS) is 10.9. The Kier molecular flexibility index (Phi) is 8.43. The van der Waals surface area contributed by atoms with Crippen molar-refractivity contribution in [3.8, 4) is 11.5 Å². The van der Waals surface area contributed by atoms with Crippen LogP contribution in [0.1, 0.15) is 23.6 Å². The van der Waals surface area contributed by atoms with Gasteiger partial charge in [-0.3, -0.25) is 0 Å². The fraction of sp³-hybridized carbons (Fsp3) is 0.174. The molecule has 0 fully saturated rings. The Balaban J connectivity index is 1.70. The number of rotatable bonds is 9. The Hall–Kier alpha value is -2.21. The lowest BCUT2D eigenvalue weighted by Crippen LogP contribution is -2.07. The zero-order valence-electron chi connectivity index (χ0n) is 16.4. The monoisotopic (exact) mass is 506 g/mol. The summed E-state index contributed by atoms with van der Waals surface area (Å²) in [5.41, 5.74) is 5.72. The number of hydrogen-bond donors (Lipinski definition) is 1. The van der Waals surface area contributed by atoms with Crippen molar-refractivity contribution in [1.82, 2.24) is 5.43 Å². The molecule has 0 bridgehead atoms. The van der Waals surface area contributed by atoms with Gasteiger partial charge in [-0.2, -0.15) is 5.10 Å². The highest BCUT2D eigenvalue weighted by molar-refractivity contribution is 9.10. The van der Waals surface area contributed by atoms with E-state index in [-0.39, 0.29) is 0 Å². The van der Waals surface area contributed by atoms with Crippen molar-refractivity contribution in [3.05, 3.63) is 91.9 Å². The summed E-state index contributed by atoms with van der Waals surface area (Å²) in [6.07, 6.45) is 1.71. The van der Waals surface area contributed by atoms with Crippen molar-refractivity contribution in [2.45, 2.75) is 20.1 Å². The van der Waals surface area contributed by atoms with E-state index in [2.05, 4.69) is 26.5 Å². The number of benzene rings is 3. The lowest BCUT2D eigenvalue weighted by atomic mass is 10.2. The van der Waals surface area contributed by atoms with Crippen molar-refractivity contribution in [3.63, 3.8) is 0 Å². The summed E-state index contributed by atoms with van der Waals surface area (Å²) in [4.78, 5) is 0. The van der Waals surface area contributed by atoms with Crippen LogP contribution in [0.5, 0.6) is 11.5 Å². The van der Waals surface area contributed by atoms with E-state index in [1.54, 1.807) is 18.3 Å². The molecular formula is C23H21BrCl2N2O2. The molecule has 1 N–H and O–H groups in total. The molecule has 0 unspecified atom stereocenters. The van der Waals surface area contributed by atoms with Gasteiger partial charge in [0.05, 0.1) is 23.8 Å². The summed E-state index contributed by atoms with van der Waals surface area (Å²) in [5.74, 6) is 1.31. The van der Waals surface area contributed by atoms with Crippen LogP contribution < -0.4 is 14.9 Å². The standard InChI is InChI=1S/C23H21BrCl2N2O2/c1-2-29-22-12-17(13-27-28-14-18-20(25)9-6-10-21(18)26)11-19(24)23(22)30-15-16-7-4-3-5-8-16/h3-13,28H,2,14-15H2,1H3/b27-13+. The number of halogens is 3. The molecule has 7 heteroatoms. The smallest absolute Gasteiger partial charge is 0.175 e. The highest BCUT2D eigenvalue weighted by Gasteiger charge is 2.12. The molecule has 3 rings (SSSR count). The van der Waals surface area contributed by atoms with E-state index in [1.165, 1.54) is 0 Å². The molecule has 30 heavy (non-hydrogen) atoms. The second kappa shape index (κ2) is 11.3. The molecule has 0 amide bonds. The minimum absolute atomic E-state index is 0.423. The van der Waals surface area contributed by atoms with Gasteiger partial charge in [-0.05, 0) is 58.2 Å². The summed E-state index contributed by atoms with van der Waals surface area (Å²) in [5, 5.41) is 5.48. The summed E-state index contributed by atoms with van der Waals surface area (Å²) < 4.78 is 12.6. The van der Waals surface area contributed by atoms with Crippen LogP contribution in [-0.4, -0.2) is 12.8 Å². The summed E-state index contributed by atoms with van der Waals surface area (Å²) in [7, 11) is 0. The Morgan fingerprint density at radius 1 is 1.00 bits per heavy atom. The Morgan fingerprint density at radius 3 is 2.43 bits per heavy atom. The Labute approximate surface area is 194 Å². The molecule has 0 saturated heterocycles. The van der Waals surface area contributed by atoms with Gasteiger partial charge >= 0.3 is 0 Å². The van der Waals surface area contributed by atoms with Crippen LogP contribution in [-0.2, 0) is 13.2 Å². The number of hydrogen-bond acceptors (Lipinski definition) is 4. The molecule has 3 aromatic rings. The summed E-state index contributed by atoms with van der Waals surface area (Å²) in [6.45, 7) is 3.34. The van der Waals surface area contributed by atoms with E-state index in [0.717, 1.165) is 21.2 Å². The van der Waals surface area contributed by atoms with E-state index in [9.17, 15) is 0 Å². The number of ether oxygens (including phenoxy) is 2. The predicted octanol–water partition coefficient (Wildman–Crippen LogP) is 6.86. The minimum Gasteiger partial charge on any atom is -0.490 e. The molecule has 0 radical (unpaired) electrons. The van der Waals surface area contributed by atoms with Crippen molar-refractivity contribution in [2.24, 2.45) is 5.10 Å². The lowest BCUT2D eigenvalue weighted by Gasteiger charge is -2.14. The van der Waals surface area contributed by atoms with Crippen LogP contribution >= 0.6 is 39.1 Å².